The Balaban J connectivity index is 2.51. The maximum atomic E-state index is 14.6. The summed E-state index contributed by atoms with van der Waals surface area (Å²) in [6, 6.07) is -20.0. The van der Waals surface area contributed by atoms with Crippen molar-refractivity contribution in [3.63, 3.8) is 0 Å². The van der Waals surface area contributed by atoms with Crippen LogP contribution in [-0.4, -0.2) is 314 Å². The molecule has 2 aromatic rings. The Kier molecular flexibility index (Phi) is 52.9. The van der Waals surface area contributed by atoms with Crippen molar-refractivity contribution in [3.8, 4) is 11.5 Å². The Labute approximate surface area is 776 Å². The number of aliphatic hydroxyl groups is 5. The van der Waals surface area contributed by atoms with Gasteiger partial charge in [0.2, 0.25) is 118 Å². The van der Waals surface area contributed by atoms with Gasteiger partial charge >= 0.3 is 5.97 Å². The number of unbranched alkanes of at least 4 members (excludes halogenated alkanes) is 2. The molecule has 0 fully saturated rings. The molecule has 17 atom stereocenters. The summed E-state index contributed by atoms with van der Waals surface area (Å²) in [6.07, 6.45) is -4.71. The van der Waals surface area contributed by atoms with Gasteiger partial charge in [0.15, 0.2) is 0 Å². The van der Waals surface area contributed by atoms with Gasteiger partial charge in [-0.05, 0) is 131 Å². The molecule has 0 aliphatic carbocycles. The Morgan fingerprint density at radius 2 is 0.496 bits per heavy atom. The summed E-state index contributed by atoms with van der Waals surface area (Å²) >= 11 is 0. The highest BCUT2D eigenvalue weighted by molar-refractivity contribution is 6.03. The number of carbonyl (C=O) groups is 21. The van der Waals surface area contributed by atoms with Crippen LogP contribution < -0.4 is 125 Å². The number of rotatable bonds is 65. The summed E-state index contributed by atoms with van der Waals surface area (Å²) in [7, 11) is 0. The smallest absolute Gasteiger partial charge is 0.325 e. The van der Waals surface area contributed by atoms with Gasteiger partial charge in [-0.3, -0.25) is 101 Å². The number of carboxylic acids is 1. The lowest BCUT2D eigenvalue weighted by Crippen LogP contribution is -2.62. The molecule has 2 rings (SSSR count). The zero-order chi connectivity index (χ0) is 102. The van der Waals surface area contributed by atoms with E-state index < -0.39 is 310 Å². The molecule has 135 heavy (non-hydrogen) atoms. The third-order valence-corrected chi connectivity index (χ3v) is 20.2. The van der Waals surface area contributed by atoms with Crippen molar-refractivity contribution in [2.75, 3.05) is 46.1 Å². The van der Waals surface area contributed by atoms with Gasteiger partial charge in [0.25, 0.3) is 0 Å². The number of nitrogens with two attached hydrogens (primary N) is 7. The van der Waals surface area contributed by atoms with Gasteiger partial charge < -0.3 is 166 Å². The minimum absolute atomic E-state index is 0.0184. The third-order valence-electron chi connectivity index (χ3n) is 20.2. The molecule has 0 aromatic heterocycles. The second-order valence-electron chi connectivity index (χ2n) is 33.2. The van der Waals surface area contributed by atoms with E-state index in [0.717, 1.165) is 0 Å². The lowest BCUT2D eigenvalue weighted by atomic mass is 9.99. The Bertz CT molecular complexity index is 4360. The molecule has 52 heteroatoms. The standard InChI is InChI=1S/C83H133N23O29/c1-39(2)26-50(70(121)91-42(7)83(134)135)94-73(124)53(29-43-14-18-45(112)19-15-43)98-76(127)56(32-65(89)116)99-68(119)48(13-9-11-25-85)92-75(126)55(31-64(88)115)100-77(128)57(33-66(90)117)101-80(131)61(37-110)106-82(133)62(38-111)104-74(125)54(30-44-16-20-46(113)21-17-44)97-72(123)51(27-40(3)4)95-71(122)52(28-41(5)6)96-79(130)60(36-109)103-69(120)49(22-23-63(87)114)93-78(129)59(35-108)105-81(132)58(34-107)102-67(118)47(86)12-8-10-24-84/h14-21,39-42,47-62,107-113H,8-13,22-38,84-86H2,1-7H3,(H2,87,114)(H2,88,115)(H2,89,116)(H2,90,117)(H,91,121)(H,92,126)(H,93,129)(H,94,124)(H,95,122)(H,96,130)(H,97,123)(H,98,127)(H,99,119)(H,100,128)(H,101,131)(H,102,118)(H,103,120)(H,104,125)(H,105,132)(H,106,133)(H,134,135)/t42-,47-,48-,49-,50-,51-,52-,53-,54-,55-,56-,57-,58-,59-,60-,61-,62-/m0/s1. The number of benzene rings is 2. The summed E-state index contributed by atoms with van der Waals surface area (Å²) in [4.78, 5) is 285. The van der Waals surface area contributed by atoms with Gasteiger partial charge in [-0.2, -0.15) is 0 Å². The average molecular weight is 1920 g/mol. The van der Waals surface area contributed by atoms with Crippen LogP contribution in [-0.2, 0) is 114 Å². The molecule has 0 aliphatic heterocycles. The number of phenols is 2. The number of primary amides is 4. The molecule has 0 unspecified atom stereocenters. The third kappa shape index (κ3) is 44.3. The van der Waals surface area contributed by atoms with E-state index in [9.17, 15) is 142 Å². The minimum atomic E-state index is -2.19. The first-order valence-corrected chi connectivity index (χ1v) is 43.4. The van der Waals surface area contributed by atoms with Crippen molar-refractivity contribution < 1.29 is 142 Å². The van der Waals surface area contributed by atoms with E-state index in [0.29, 0.717) is 24.9 Å². The molecule has 754 valence electrons. The van der Waals surface area contributed by atoms with Crippen molar-refractivity contribution in [3.05, 3.63) is 59.7 Å². The SMILES string of the molecule is CC(C)C[C@H](NC(=O)[C@H](Cc1ccc(O)cc1)NC(=O)[C@H](CC(N)=O)NC(=O)[C@H](CCCCN)NC(=O)[C@H](CC(N)=O)NC(=O)[C@H](CC(N)=O)NC(=O)[C@H](CO)NC(=O)[C@H](CO)NC(=O)[C@H](Cc1ccc(O)cc1)NC(=O)[C@H](CC(C)C)NC(=O)[C@H](CC(C)C)NC(=O)[C@H](CO)NC(=O)[C@H](CCC(N)=O)NC(=O)[C@H](CO)NC(=O)[C@H](CO)NC(=O)[C@@H](N)CCCCN)C(=O)N[C@@H](C)C(=O)O. The number of nitrogens with one attached hydrogen (secondary N) is 16. The van der Waals surface area contributed by atoms with Crippen molar-refractivity contribution in [1.29, 1.82) is 0 Å². The van der Waals surface area contributed by atoms with Crippen LogP contribution in [0.25, 0.3) is 0 Å². The van der Waals surface area contributed by atoms with E-state index >= 15 is 0 Å². The summed E-state index contributed by atoms with van der Waals surface area (Å²) in [5.41, 5.74) is 39.5. The normalized spacial score (nSPS) is 14.9. The molecule has 0 spiro atoms. The molecule has 52 nitrogen and oxygen atoms in total. The van der Waals surface area contributed by atoms with Crippen molar-refractivity contribution in [1.82, 2.24) is 85.1 Å². The summed E-state index contributed by atoms with van der Waals surface area (Å²) in [5, 5.41) is 118. The fourth-order valence-corrected chi connectivity index (χ4v) is 12.9. The van der Waals surface area contributed by atoms with Gasteiger partial charge in [-0.15, -0.1) is 0 Å². The topological polar surface area (TPSA) is 895 Å². The molecular weight excluding hydrogens is 1780 g/mol. The number of carboxylic acid groups (broad SMARTS) is 1. The molecule has 0 saturated heterocycles. The Morgan fingerprint density at radius 3 is 0.763 bits per heavy atom. The highest BCUT2D eigenvalue weighted by atomic mass is 16.4. The zero-order valence-electron chi connectivity index (χ0n) is 76.1. The first-order valence-electron chi connectivity index (χ1n) is 43.4. The molecular formula is C83H133N23O29. The van der Waals surface area contributed by atoms with E-state index in [1.165, 1.54) is 55.5 Å². The number of amides is 20. The second kappa shape index (κ2) is 60.7. The van der Waals surface area contributed by atoms with Gasteiger partial charge in [-0.1, -0.05) is 72.2 Å². The molecule has 2 aromatic carbocycles. The van der Waals surface area contributed by atoms with Crippen molar-refractivity contribution in [2.24, 2.45) is 57.9 Å². The van der Waals surface area contributed by atoms with Crippen LogP contribution in [0.2, 0.25) is 0 Å². The zero-order valence-corrected chi connectivity index (χ0v) is 76.1. The predicted octanol–water partition coefficient (Wildman–Crippen LogP) is -12.7. The van der Waals surface area contributed by atoms with E-state index in [4.69, 9.17) is 40.1 Å². The minimum Gasteiger partial charge on any atom is -0.508 e. The van der Waals surface area contributed by atoms with Crippen LogP contribution in [0.3, 0.4) is 0 Å². The number of aromatic hydroxyl groups is 2. The maximum absolute atomic E-state index is 14.6. The van der Waals surface area contributed by atoms with Gasteiger partial charge in [0.05, 0.1) is 58.3 Å². The molecule has 0 aliphatic rings. The van der Waals surface area contributed by atoms with Crippen LogP contribution in [0.15, 0.2) is 48.5 Å². The number of phenolic OH excluding ortho intramolecular Hbond substituents is 2. The maximum Gasteiger partial charge on any atom is 0.325 e. The van der Waals surface area contributed by atoms with Crippen molar-refractivity contribution in [2.45, 2.75) is 254 Å². The van der Waals surface area contributed by atoms with Crippen molar-refractivity contribution >= 4 is 124 Å². The number of hydrogen-bond donors (Lipinski definition) is 31. The number of carbonyl (C=O) groups excluding carboxylic acids is 20. The summed E-state index contributed by atoms with van der Waals surface area (Å²) in [6.45, 7) is 5.38. The largest absolute Gasteiger partial charge is 0.508 e. The Hall–Kier alpha value is -13.4. The molecule has 0 bridgehead atoms. The Morgan fingerprint density at radius 1 is 0.274 bits per heavy atom. The van der Waals surface area contributed by atoms with Gasteiger partial charge in [0.1, 0.15) is 108 Å². The molecule has 20 amide bonds. The lowest BCUT2D eigenvalue weighted by Gasteiger charge is -2.29. The van der Waals surface area contributed by atoms with Crippen LogP contribution in [0, 0.1) is 17.8 Å². The fourth-order valence-electron chi connectivity index (χ4n) is 12.9. The monoisotopic (exact) mass is 1920 g/mol. The van der Waals surface area contributed by atoms with Crippen LogP contribution in [0.5, 0.6) is 11.5 Å². The second-order valence-corrected chi connectivity index (χ2v) is 33.2. The highest BCUT2D eigenvalue weighted by Gasteiger charge is 2.41. The highest BCUT2D eigenvalue weighted by Crippen LogP contribution is 2.18. The summed E-state index contributed by atoms with van der Waals surface area (Å²) < 4.78 is 0. The number of aliphatic carboxylic acids is 1. The van der Waals surface area contributed by atoms with E-state index in [2.05, 4.69) is 74.4 Å². The van der Waals surface area contributed by atoms with Crippen LogP contribution in [0.1, 0.15) is 149 Å². The number of hydrogen-bond acceptors (Lipinski definition) is 31. The number of aliphatic hydroxyl groups excluding tert-OH is 5. The average Bonchev–Trinajstić information content (AvgIpc) is 0.842. The van der Waals surface area contributed by atoms with Crippen LogP contribution in [0.4, 0.5) is 0 Å². The molecule has 38 N–H and O–H groups in total. The predicted molar refractivity (Wildman–Crippen MR) is 475 cm³/mol. The van der Waals surface area contributed by atoms with E-state index in [1.807, 2.05) is 10.6 Å². The van der Waals surface area contributed by atoms with Crippen LogP contribution >= 0.6 is 0 Å². The van der Waals surface area contributed by atoms with E-state index in [-0.39, 0.29) is 80.9 Å². The molecule has 0 heterocycles. The first-order chi connectivity index (χ1) is 63.4. The molecule has 0 radical (unpaired) electrons. The quantitative estimate of drug-likeness (QED) is 0.0274. The summed E-state index contributed by atoms with van der Waals surface area (Å²) in [5.74, 6) is -27.4. The van der Waals surface area contributed by atoms with Gasteiger partial charge in [0, 0.05) is 19.3 Å². The lowest BCUT2D eigenvalue weighted by molar-refractivity contribution is -0.142. The molecule has 0 saturated carbocycles. The van der Waals surface area contributed by atoms with E-state index in [1.54, 1.807) is 41.5 Å². The van der Waals surface area contributed by atoms with Gasteiger partial charge in [-0.25, -0.2) is 0 Å². The first kappa shape index (κ1) is 118. The fraction of sp³-hybridized carbons (Fsp3) is 0.602.